The Kier molecular flexibility index (Phi) is 1.89. The van der Waals surface area contributed by atoms with Gasteiger partial charge in [0.15, 0.2) is 5.03 Å². The maximum Gasteiger partial charge on any atom is 0.278 e. The number of hydrogen-bond acceptors (Lipinski definition) is 3. The van der Waals surface area contributed by atoms with Crippen molar-refractivity contribution in [1.82, 2.24) is 9.55 Å². The van der Waals surface area contributed by atoms with Gasteiger partial charge in [0.2, 0.25) is 0 Å². The first kappa shape index (κ1) is 9.02. The molecule has 2 rings (SSSR count). The lowest BCUT2D eigenvalue weighted by atomic mass is 10.4. The predicted octanol–water partition coefficient (Wildman–Crippen LogP) is 1.23. The molecule has 1 fully saturated rings. The van der Waals surface area contributed by atoms with Crippen molar-refractivity contribution in [3.8, 4) is 0 Å². The second kappa shape index (κ2) is 2.72. The molecule has 0 amide bonds. The summed E-state index contributed by atoms with van der Waals surface area (Å²) >= 11 is 0. The van der Waals surface area contributed by atoms with Gasteiger partial charge in [-0.05, 0) is 12.8 Å². The normalized spacial score (nSPS) is 17.7. The van der Waals surface area contributed by atoms with Crippen LogP contribution in [-0.4, -0.2) is 18.0 Å². The van der Waals surface area contributed by atoms with E-state index in [1.54, 1.807) is 11.6 Å². The standard InChI is InChI=1S/C7H9ClN2O2S/c1-10-6(13(8,11)12)4-9-7(10)5-2-3-5/h4-5H,2-3H2,1H3. The van der Waals surface area contributed by atoms with E-state index in [0.29, 0.717) is 5.92 Å². The van der Waals surface area contributed by atoms with Crippen LogP contribution in [0, 0.1) is 0 Å². The number of hydrogen-bond donors (Lipinski definition) is 0. The number of aromatic nitrogens is 2. The van der Waals surface area contributed by atoms with Crippen molar-refractivity contribution in [3.63, 3.8) is 0 Å². The molecule has 0 unspecified atom stereocenters. The van der Waals surface area contributed by atoms with Gasteiger partial charge < -0.3 is 4.57 Å². The lowest BCUT2D eigenvalue weighted by Crippen LogP contribution is -2.03. The molecule has 1 aromatic heterocycles. The van der Waals surface area contributed by atoms with Crippen molar-refractivity contribution in [1.29, 1.82) is 0 Å². The van der Waals surface area contributed by atoms with E-state index in [1.165, 1.54) is 6.20 Å². The van der Waals surface area contributed by atoms with E-state index in [2.05, 4.69) is 4.98 Å². The summed E-state index contributed by atoms with van der Waals surface area (Å²) in [6.45, 7) is 0. The average Bonchev–Trinajstić information content (AvgIpc) is 2.73. The molecule has 1 heterocycles. The van der Waals surface area contributed by atoms with Gasteiger partial charge in [0.1, 0.15) is 5.82 Å². The fourth-order valence-electron chi connectivity index (χ4n) is 1.35. The second-order valence-electron chi connectivity index (χ2n) is 3.23. The SMILES string of the molecule is Cn1c(S(=O)(=O)Cl)cnc1C1CC1. The summed E-state index contributed by atoms with van der Waals surface area (Å²) in [5.41, 5.74) is 0. The number of imidazole rings is 1. The van der Waals surface area contributed by atoms with Crippen molar-refractivity contribution >= 4 is 19.7 Å². The highest BCUT2D eigenvalue weighted by Crippen LogP contribution is 2.39. The molecule has 0 N–H and O–H groups in total. The zero-order chi connectivity index (χ0) is 9.64. The average molecular weight is 221 g/mol. The number of nitrogens with zero attached hydrogens (tertiary/aromatic N) is 2. The lowest BCUT2D eigenvalue weighted by Gasteiger charge is -2.00. The van der Waals surface area contributed by atoms with Crippen LogP contribution in [0.25, 0.3) is 0 Å². The summed E-state index contributed by atoms with van der Waals surface area (Å²) in [6.07, 6.45) is 3.50. The Labute approximate surface area is 81.0 Å². The third-order valence-electron chi connectivity index (χ3n) is 2.17. The Morgan fingerprint density at radius 1 is 1.62 bits per heavy atom. The van der Waals surface area contributed by atoms with E-state index < -0.39 is 9.05 Å². The van der Waals surface area contributed by atoms with E-state index in [4.69, 9.17) is 10.7 Å². The van der Waals surface area contributed by atoms with Gasteiger partial charge in [0.25, 0.3) is 9.05 Å². The fourth-order valence-corrected chi connectivity index (χ4v) is 2.38. The lowest BCUT2D eigenvalue weighted by molar-refractivity contribution is 0.597. The molecule has 0 aliphatic heterocycles. The summed E-state index contributed by atoms with van der Waals surface area (Å²) in [4.78, 5) is 4.04. The molecule has 0 atom stereocenters. The minimum absolute atomic E-state index is 0.0797. The van der Waals surface area contributed by atoms with E-state index in [1.807, 2.05) is 0 Å². The highest BCUT2D eigenvalue weighted by molar-refractivity contribution is 8.13. The molecule has 0 aromatic carbocycles. The molecule has 1 aliphatic carbocycles. The Morgan fingerprint density at radius 3 is 2.62 bits per heavy atom. The van der Waals surface area contributed by atoms with Crippen LogP contribution in [0.5, 0.6) is 0 Å². The van der Waals surface area contributed by atoms with Gasteiger partial charge in [0, 0.05) is 23.6 Å². The highest BCUT2D eigenvalue weighted by Gasteiger charge is 2.30. The Bertz CT molecular complexity index is 433. The summed E-state index contributed by atoms with van der Waals surface area (Å²) in [5.74, 6) is 1.25. The number of halogens is 1. The molecule has 72 valence electrons. The van der Waals surface area contributed by atoms with Crippen LogP contribution in [0.4, 0.5) is 0 Å². The fraction of sp³-hybridized carbons (Fsp3) is 0.571. The molecule has 0 saturated heterocycles. The molecule has 1 aromatic rings. The van der Waals surface area contributed by atoms with Crippen LogP contribution >= 0.6 is 10.7 Å². The molecule has 6 heteroatoms. The summed E-state index contributed by atoms with van der Waals surface area (Å²) < 4.78 is 23.6. The molecule has 1 saturated carbocycles. The Morgan fingerprint density at radius 2 is 2.23 bits per heavy atom. The van der Waals surface area contributed by atoms with Gasteiger partial charge >= 0.3 is 0 Å². The van der Waals surface area contributed by atoms with Gasteiger partial charge in [-0.3, -0.25) is 0 Å². The smallest absolute Gasteiger partial charge is 0.278 e. The van der Waals surface area contributed by atoms with E-state index >= 15 is 0 Å². The van der Waals surface area contributed by atoms with Crippen LogP contribution in [0.15, 0.2) is 11.2 Å². The largest absolute Gasteiger partial charge is 0.321 e. The van der Waals surface area contributed by atoms with Gasteiger partial charge in [-0.2, -0.15) is 0 Å². The molecule has 0 bridgehead atoms. The minimum atomic E-state index is -3.65. The van der Waals surface area contributed by atoms with Crippen molar-refractivity contribution in [3.05, 3.63) is 12.0 Å². The Balaban J connectivity index is 2.50. The summed E-state index contributed by atoms with van der Waals surface area (Å²) in [7, 11) is 3.24. The van der Waals surface area contributed by atoms with Crippen molar-refractivity contribution < 1.29 is 8.42 Å². The molecule has 13 heavy (non-hydrogen) atoms. The van der Waals surface area contributed by atoms with Crippen LogP contribution < -0.4 is 0 Å². The van der Waals surface area contributed by atoms with E-state index in [-0.39, 0.29) is 5.03 Å². The molecule has 0 spiro atoms. The first-order valence-corrected chi connectivity index (χ1v) is 6.27. The van der Waals surface area contributed by atoms with Gasteiger partial charge in [-0.1, -0.05) is 0 Å². The highest BCUT2D eigenvalue weighted by atomic mass is 35.7. The van der Waals surface area contributed by atoms with Crippen LogP contribution in [-0.2, 0) is 16.1 Å². The maximum absolute atomic E-state index is 11.0. The monoisotopic (exact) mass is 220 g/mol. The maximum atomic E-state index is 11.0. The third kappa shape index (κ3) is 1.58. The third-order valence-corrected chi connectivity index (χ3v) is 3.53. The molecule has 4 nitrogen and oxygen atoms in total. The van der Waals surface area contributed by atoms with Crippen LogP contribution in [0.1, 0.15) is 24.6 Å². The van der Waals surface area contributed by atoms with Crippen molar-refractivity contribution in [2.24, 2.45) is 7.05 Å². The molecular weight excluding hydrogens is 212 g/mol. The van der Waals surface area contributed by atoms with Gasteiger partial charge in [-0.25, -0.2) is 13.4 Å². The van der Waals surface area contributed by atoms with Crippen molar-refractivity contribution in [2.75, 3.05) is 0 Å². The molecule has 0 radical (unpaired) electrons. The number of rotatable bonds is 2. The van der Waals surface area contributed by atoms with Crippen LogP contribution in [0.2, 0.25) is 0 Å². The molecular formula is C7H9ClN2O2S. The molecule has 1 aliphatic rings. The van der Waals surface area contributed by atoms with Gasteiger partial charge in [0.05, 0.1) is 6.20 Å². The van der Waals surface area contributed by atoms with Crippen molar-refractivity contribution in [2.45, 2.75) is 23.8 Å². The van der Waals surface area contributed by atoms with E-state index in [0.717, 1.165) is 18.7 Å². The first-order chi connectivity index (χ1) is 6.00. The minimum Gasteiger partial charge on any atom is -0.321 e. The quantitative estimate of drug-likeness (QED) is 0.705. The van der Waals surface area contributed by atoms with Crippen LogP contribution in [0.3, 0.4) is 0 Å². The topological polar surface area (TPSA) is 52.0 Å². The Hall–Kier alpha value is -0.550. The summed E-state index contributed by atoms with van der Waals surface area (Å²) in [6, 6.07) is 0. The zero-order valence-electron chi connectivity index (χ0n) is 7.07. The summed E-state index contributed by atoms with van der Waals surface area (Å²) in [5, 5.41) is 0.0797. The first-order valence-electron chi connectivity index (χ1n) is 3.96. The van der Waals surface area contributed by atoms with E-state index in [9.17, 15) is 8.42 Å². The van der Waals surface area contributed by atoms with Gasteiger partial charge in [-0.15, -0.1) is 0 Å². The zero-order valence-corrected chi connectivity index (χ0v) is 8.64. The second-order valence-corrected chi connectivity index (χ2v) is 5.74. The predicted molar refractivity (Wildman–Crippen MR) is 48.2 cm³/mol.